The fourth-order valence-electron chi connectivity index (χ4n) is 1.91. The highest BCUT2D eigenvalue weighted by atomic mass is 35.5. The Morgan fingerprint density at radius 2 is 1.90 bits per heavy atom. The van der Waals surface area contributed by atoms with Gasteiger partial charge in [-0.2, -0.15) is 0 Å². The maximum Gasteiger partial charge on any atom is 0.240 e. The lowest BCUT2D eigenvalue weighted by molar-refractivity contribution is -0.123. The Morgan fingerprint density at radius 3 is 2.40 bits per heavy atom. The minimum atomic E-state index is -0.648. The second-order valence-corrected chi connectivity index (χ2v) is 4.97. The van der Waals surface area contributed by atoms with Crippen LogP contribution in [0, 0.1) is 0 Å². The van der Waals surface area contributed by atoms with Crippen molar-refractivity contribution in [1.29, 1.82) is 0 Å². The molecule has 0 aliphatic heterocycles. The summed E-state index contributed by atoms with van der Waals surface area (Å²) in [6.45, 7) is 1.92. The molecular weight excluding hydrogens is 280 g/mol. The summed E-state index contributed by atoms with van der Waals surface area (Å²) in [7, 11) is 3.18. The molecule has 1 saturated carbocycles. The number of hydrogen-bond acceptors (Lipinski definition) is 4. The molecule has 5 nitrogen and oxygen atoms in total. The standard InChI is InChI=1S/C14H20N2O3.ClH/c1-9(16-13(17)14(15)6-7-14)10-4-5-11(18-2)12(8-10)19-3;/h4-5,8-9H,6-7,15H2,1-3H3,(H,16,17);1H. The van der Waals surface area contributed by atoms with Crippen LogP contribution in [-0.2, 0) is 4.79 Å². The predicted molar refractivity (Wildman–Crippen MR) is 79.5 cm³/mol. The molecule has 0 bridgehead atoms. The number of nitrogens with two attached hydrogens (primary N) is 1. The largest absolute Gasteiger partial charge is 0.493 e. The van der Waals surface area contributed by atoms with Crippen molar-refractivity contribution < 1.29 is 14.3 Å². The van der Waals surface area contributed by atoms with Crippen molar-refractivity contribution in [2.24, 2.45) is 5.73 Å². The second-order valence-electron chi connectivity index (χ2n) is 4.97. The maximum atomic E-state index is 11.9. The zero-order valence-electron chi connectivity index (χ0n) is 11.9. The highest BCUT2D eigenvalue weighted by Crippen LogP contribution is 2.34. The Morgan fingerprint density at radius 1 is 1.30 bits per heavy atom. The number of amides is 1. The molecule has 1 aliphatic carbocycles. The van der Waals surface area contributed by atoms with E-state index in [1.807, 2.05) is 25.1 Å². The van der Waals surface area contributed by atoms with Crippen LogP contribution in [0.3, 0.4) is 0 Å². The van der Waals surface area contributed by atoms with Gasteiger partial charge < -0.3 is 20.5 Å². The maximum absolute atomic E-state index is 11.9. The first kappa shape index (κ1) is 16.6. The van der Waals surface area contributed by atoms with Crippen LogP contribution in [-0.4, -0.2) is 25.7 Å². The molecule has 0 aromatic heterocycles. The van der Waals surface area contributed by atoms with Gasteiger partial charge in [-0.1, -0.05) is 6.07 Å². The second kappa shape index (κ2) is 6.33. The SMILES string of the molecule is COc1ccc(C(C)NC(=O)C2(N)CC2)cc1OC.Cl. The molecule has 1 unspecified atom stereocenters. The fourth-order valence-corrected chi connectivity index (χ4v) is 1.91. The monoisotopic (exact) mass is 300 g/mol. The molecule has 1 fully saturated rings. The summed E-state index contributed by atoms with van der Waals surface area (Å²) in [5.74, 6) is 1.23. The van der Waals surface area contributed by atoms with Crippen molar-refractivity contribution in [3.63, 3.8) is 0 Å². The van der Waals surface area contributed by atoms with Crippen LogP contribution in [0.5, 0.6) is 11.5 Å². The fraction of sp³-hybridized carbons (Fsp3) is 0.500. The van der Waals surface area contributed by atoms with Gasteiger partial charge in [0.15, 0.2) is 11.5 Å². The molecule has 20 heavy (non-hydrogen) atoms. The van der Waals surface area contributed by atoms with Crippen molar-refractivity contribution in [2.75, 3.05) is 14.2 Å². The molecule has 1 aromatic rings. The van der Waals surface area contributed by atoms with Crippen molar-refractivity contribution in [1.82, 2.24) is 5.32 Å². The first-order valence-electron chi connectivity index (χ1n) is 6.32. The highest BCUT2D eigenvalue weighted by Gasteiger charge is 2.46. The van der Waals surface area contributed by atoms with E-state index in [1.165, 1.54) is 0 Å². The molecule has 1 amide bonds. The zero-order valence-corrected chi connectivity index (χ0v) is 12.8. The van der Waals surface area contributed by atoms with Crippen LogP contribution in [0.2, 0.25) is 0 Å². The first-order chi connectivity index (χ1) is 9.00. The minimum Gasteiger partial charge on any atom is -0.493 e. The molecule has 1 aromatic carbocycles. The minimum absolute atomic E-state index is 0. The first-order valence-corrected chi connectivity index (χ1v) is 6.32. The quantitative estimate of drug-likeness (QED) is 0.869. The number of hydrogen-bond donors (Lipinski definition) is 2. The average molecular weight is 301 g/mol. The summed E-state index contributed by atoms with van der Waals surface area (Å²) in [5.41, 5.74) is 6.17. The molecule has 1 aliphatic rings. The van der Waals surface area contributed by atoms with Crippen LogP contribution in [0.15, 0.2) is 18.2 Å². The van der Waals surface area contributed by atoms with E-state index in [9.17, 15) is 4.79 Å². The van der Waals surface area contributed by atoms with Gasteiger partial charge in [0.1, 0.15) is 0 Å². The van der Waals surface area contributed by atoms with Gasteiger partial charge in [0.25, 0.3) is 0 Å². The number of methoxy groups -OCH3 is 2. The van der Waals surface area contributed by atoms with E-state index >= 15 is 0 Å². The molecule has 0 radical (unpaired) electrons. The smallest absolute Gasteiger partial charge is 0.240 e. The summed E-state index contributed by atoms with van der Waals surface area (Å²) >= 11 is 0. The van der Waals surface area contributed by atoms with Gasteiger partial charge in [-0.15, -0.1) is 12.4 Å². The lowest BCUT2D eigenvalue weighted by Crippen LogP contribution is -2.43. The number of benzene rings is 1. The van der Waals surface area contributed by atoms with E-state index in [-0.39, 0.29) is 24.4 Å². The molecule has 0 saturated heterocycles. The van der Waals surface area contributed by atoms with Crippen LogP contribution < -0.4 is 20.5 Å². The van der Waals surface area contributed by atoms with E-state index in [0.29, 0.717) is 11.5 Å². The van der Waals surface area contributed by atoms with Gasteiger partial charge in [0.2, 0.25) is 5.91 Å². The summed E-state index contributed by atoms with van der Waals surface area (Å²) in [6.07, 6.45) is 1.52. The molecule has 0 spiro atoms. The summed E-state index contributed by atoms with van der Waals surface area (Å²) < 4.78 is 10.4. The lowest BCUT2D eigenvalue weighted by atomic mass is 10.1. The summed E-state index contributed by atoms with van der Waals surface area (Å²) in [4.78, 5) is 11.9. The summed E-state index contributed by atoms with van der Waals surface area (Å²) in [6, 6.07) is 5.47. The number of carbonyl (C=O) groups is 1. The normalized spacial score (nSPS) is 16.6. The van der Waals surface area contributed by atoms with E-state index in [1.54, 1.807) is 14.2 Å². The Bertz CT molecular complexity index is 489. The molecule has 6 heteroatoms. The summed E-state index contributed by atoms with van der Waals surface area (Å²) in [5, 5.41) is 2.93. The molecule has 2 rings (SSSR count). The Hall–Kier alpha value is -1.46. The van der Waals surface area contributed by atoms with Crippen molar-refractivity contribution in [2.45, 2.75) is 31.3 Å². The number of ether oxygens (including phenoxy) is 2. The predicted octanol–water partition coefficient (Wildman–Crippen LogP) is 1.79. The Labute approximate surface area is 125 Å². The third-order valence-corrected chi connectivity index (χ3v) is 3.50. The topological polar surface area (TPSA) is 73.6 Å². The van der Waals surface area contributed by atoms with Crippen molar-refractivity contribution >= 4 is 18.3 Å². The third-order valence-electron chi connectivity index (χ3n) is 3.50. The number of halogens is 1. The van der Waals surface area contributed by atoms with Crippen LogP contribution >= 0.6 is 12.4 Å². The van der Waals surface area contributed by atoms with Gasteiger partial charge in [0.05, 0.1) is 25.8 Å². The molecular formula is C14H21ClN2O3. The van der Waals surface area contributed by atoms with E-state index in [4.69, 9.17) is 15.2 Å². The molecule has 1 atom stereocenters. The van der Waals surface area contributed by atoms with Crippen molar-refractivity contribution in [3.05, 3.63) is 23.8 Å². The Balaban J connectivity index is 0.00000200. The van der Waals surface area contributed by atoms with Crippen LogP contribution in [0.1, 0.15) is 31.4 Å². The highest BCUT2D eigenvalue weighted by molar-refractivity contribution is 5.89. The third kappa shape index (κ3) is 3.35. The average Bonchev–Trinajstić information content (AvgIpc) is 3.17. The van der Waals surface area contributed by atoms with Gasteiger partial charge >= 0.3 is 0 Å². The molecule has 0 heterocycles. The number of rotatable bonds is 5. The van der Waals surface area contributed by atoms with Gasteiger partial charge in [0, 0.05) is 0 Å². The van der Waals surface area contributed by atoms with Crippen molar-refractivity contribution in [3.8, 4) is 11.5 Å². The van der Waals surface area contributed by atoms with Crippen LogP contribution in [0.25, 0.3) is 0 Å². The van der Waals surface area contributed by atoms with E-state index in [2.05, 4.69) is 5.32 Å². The molecule has 112 valence electrons. The number of carbonyl (C=O) groups excluding carboxylic acids is 1. The Kier molecular flexibility index (Phi) is 5.25. The van der Waals surface area contributed by atoms with Gasteiger partial charge in [-0.05, 0) is 37.5 Å². The lowest BCUT2D eigenvalue weighted by Gasteiger charge is -2.18. The zero-order chi connectivity index (χ0) is 14.0. The van der Waals surface area contributed by atoms with Crippen LogP contribution in [0.4, 0.5) is 0 Å². The number of nitrogens with one attached hydrogen (secondary N) is 1. The molecule has 3 N–H and O–H groups in total. The van der Waals surface area contributed by atoms with E-state index < -0.39 is 5.54 Å². The van der Waals surface area contributed by atoms with E-state index in [0.717, 1.165) is 18.4 Å². The van der Waals surface area contributed by atoms with Gasteiger partial charge in [-0.25, -0.2) is 0 Å². The van der Waals surface area contributed by atoms with Gasteiger partial charge in [-0.3, -0.25) is 4.79 Å².